The summed E-state index contributed by atoms with van der Waals surface area (Å²) in [7, 11) is 0. The molecule has 2 heteroatoms. The third-order valence-corrected chi connectivity index (χ3v) is 7.03. The van der Waals surface area contributed by atoms with Crippen molar-refractivity contribution in [2.75, 3.05) is 0 Å². The fourth-order valence-corrected chi connectivity index (χ4v) is 5.21. The maximum absolute atomic E-state index is 6.64. The summed E-state index contributed by atoms with van der Waals surface area (Å²) in [6.45, 7) is 9.27. The average molecular weight is 445 g/mol. The van der Waals surface area contributed by atoms with Crippen molar-refractivity contribution in [2.24, 2.45) is 11.8 Å². The van der Waals surface area contributed by atoms with Crippen LogP contribution in [0.15, 0.2) is 66.7 Å². The number of hydrogen-bond donors (Lipinski definition) is 0. The Hall–Kier alpha value is -2.32. The molecular formula is C31H40O2. The second kappa shape index (κ2) is 11.2. The highest BCUT2D eigenvalue weighted by molar-refractivity contribution is 5.85. The van der Waals surface area contributed by atoms with Crippen LogP contribution in [0.4, 0.5) is 0 Å². The Kier molecular flexibility index (Phi) is 8.09. The highest BCUT2D eigenvalue weighted by Gasteiger charge is 2.24. The first kappa shape index (κ1) is 23.8. The Morgan fingerprint density at radius 1 is 0.788 bits per heavy atom. The Morgan fingerprint density at radius 3 is 2.18 bits per heavy atom. The van der Waals surface area contributed by atoms with Gasteiger partial charge in [-0.3, -0.25) is 0 Å². The third-order valence-electron chi connectivity index (χ3n) is 7.03. The molecule has 4 rings (SSSR count). The monoisotopic (exact) mass is 444 g/mol. The summed E-state index contributed by atoms with van der Waals surface area (Å²) >= 11 is 0. The molecule has 0 spiro atoms. The maximum atomic E-state index is 6.64. The van der Waals surface area contributed by atoms with Gasteiger partial charge in [0.15, 0.2) is 0 Å². The topological polar surface area (TPSA) is 18.5 Å². The van der Waals surface area contributed by atoms with Crippen LogP contribution in [-0.4, -0.2) is 6.10 Å². The third kappa shape index (κ3) is 6.18. The highest BCUT2D eigenvalue weighted by atomic mass is 16.7. The predicted octanol–water partition coefficient (Wildman–Crippen LogP) is 9.05. The average Bonchev–Trinajstić information content (AvgIpc) is 2.83. The van der Waals surface area contributed by atoms with Crippen molar-refractivity contribution >= 4 is 10.8 Å². The molecule has 1 saturated carbocycles. The number of fused-ring (bicyclic) bond motifs is 1. The Bertz CT molecular complexity index is 994. The smallest absolute Gasteiger partial charge is 0.227 e. The van der Waals surface area contributed by atoms with Crippen LogP contribution < -0.4 is 4.74 Å². The van der Waals surface area contributed by atoms with E-state index in [-0.39, 0.29) is 6.10 Å². The van der Waals surface area contributed by atoms with Crippen molar-refractivity contribution < 1.29 is 9.47 Å². The van der Waals surface area contributed by atoms with Gasteiger partial charge in [-0.2, -0.15) is 0 Å². The Labute approximate surface area is 200 Å². The van der Waals surface area contributed by atoms with Gasteiger partial charge >= 0.3 is 0 Å². The zero-order valence-corrected chi connectivity index (χ0v) is 20.8. The van der Waals surface area contributed by atoms with Gasteiger partial charge in [-0.05, 0) is 65.5 Å². The van der Waals surface area contributed by atoms with Crippen molar-refractivity contribution in [2.45, 2.75) is 84.5 Å². The first-order valence-electron chi connectivity index (χ1n) is 12.9. The minimum absolute atomic E-state index is 0.262. The minimum atomic E-state index is -0.401. The summed E-state index contributed by atoms with van der Waals surface area (Å²) in [5, 5.41) is 2.42. The van der Waals surface area contributed by atoms with Gasteiger partial charge in [0.25, 0.3) is 0 Å². The van der Waals surface area contributed by atoms with E-state index in [2.05, 4.69) is 94.4 Å². The fraction of sp³-hybridized carbons (Fsp3) is 0.484. The van der Waals surface area contributed by atoms with Crippen LogP contribution in [0.3, 0.4) is 0 Å². The van der Waals surface area contributed by atoms with Crippen LogP contribution in [-0.2, 0) is 4.74 Å². The van der Waals surface area contributed by atoms with Crippen LogP contribution in [0.5, 0.6) is 5.75 Å². The largest absolute Gasteiger partial charge is 0.461 e. The fourth-order valence-electron chi connectivity index (χ4n) is 5.21. The zero-order valence-electron chi connectivity index (χ0n) is 20.8. The van der Waals surface area contributed by atoms with Crippen LogP contribution >= 0.6 is 0 Å². The molecule has 2 nitrogen and oxygen atoms in total. The van der Waals surface area contributed by atoms with Crippen LogP contribution in [0, 0.1) is 11.8 Å². The molecule has 3 aromatic rings. The van der Waals surface area contributed by atoms with E-state index in [4.69, 9.17) is 9.47 Å². The first-order valence-corrected chi connectivity index (χ1v) is 12.9. The summed E-state index contributed by atoms with van der Waals surface area (Å²) in [5.41, 5.74) is 2.52. The molecule has 2 unspecified atom stereocenters. The van der Waals surface area contributed by atoms with E-state index in [0.29, 0.717) is 17.8 Å². The van der Waals surface area contributed by atoms with Gasteiger partial charge in [0.1, 0.15) is 5.75 Å². The van der Waals surface area contributed by atoms with Gasteiger partial charge in [-0.25, -0.2) is 0 Å². The predicted molar refractivity (Wildman–Crippen MR) is 139 cm³/mol. The molecule has 1 aliphatic carbocycles. The lowest BCUT2D eigenvalue weighted by atomic mass is 9.82. The second-order valence-electron chi connectivity index (χ2n) is 10.5. The van der Waals surface area contributed by atoms with Crippen LogP contribution in [0.1, 0.15) is 89.6 Å². The lowest BCUT2D eigenvalue weighted by molar-refractivity contribution is -0.131. The zero-order chi connectivity index (χ0) is 23.2. The Balaban J connectivity index is 1.60. The molecule has 3 aromatic carbocycles. The SMILES string of the molecule is CC(C)CC(c1ccc(OC(OC2CCCCC2)c2cccc3ccccc23)cc1)C(C)C. The molecule has 0 aromatic heterocycles. The molecule has 0 saturated heterocycles. The standard InChI is InChI=1S/C31H40O2/c1-22(2)21-30(23(3)4)25-17-19-27(20-18-25)33-31(32-26-13-6-5-7-14-26)29-16-10-12-24-11-8-9-15-28(24)29/h8-12,15-20,22-23,26,30-31H,5-7,13-14,21H2,1-4H3. The van der Waals surface area contributed by atoms with E-state index in [9.17, 15) is 0 Å². The summed E-state index contributed by atoms with van der Waals surface area (Å²) in [5.74, 6) is 2.76. The molecule has 0 aliphatic heterocycles. The van der Waals surface area contributed by atoms with Gasteiger partial charge in [-0.15, -0.1) is 0 Å². The van der Waals surface area contributed by atoms with Crippen molar-refractivity contribution in [1.82, 2.24) is 0 Å². The lowest BCUT2D eigenvalue weighted by Crippen LogP contribution is -2.23. The molecule has 0 radical (unpaired) electrons. The van der Waals surface area contributed by atoms with Crippen molar-refractivity contribution in [3.63, 3.8) is 0 Å². The number of rotatable bonds is 9. The molecule has 1 aliphatic rings. The summed E-state index contributed by atoms with van der Waals surface area (Å²) in [4.78, 5) is 0. The molecule has 33 heavy (non-hydrogen) atoms. The van der Waals surface area contributed by atoms with Gasteiger partial charge in [0.2, 0.25) is 6.29 Å². The molecule has 1 fully saturated rings. The van der Waals surface area contributed by atoms with Crippen molar-refractivity contribution in [3.8, 4) is 5.75 Å². The highest BCUT2D eigenvalue weighted by Crippen LogP contribution is 2.35. The number of benzene rings is 3. The summed E-state index contributed by atoms with van der Waals surface area (Å²) < 4.78 is 13.2. The molecule has 0 amide bonds. The van der Waals surface area contributed by atoms with Gasteiger partial charge in [-0.1, -0.05) is 102 Å². The quantitative estimate of drug-likeness (QED) is 0.306. The molecular weight excluding hydrogens is 404 g/mol. The normalized spacial score (nSPS) is 16.9. The van der Waals surface area contributed by atoms with E-state index >= 15 is 0 Å². The van der Waals surface area contributed by atoms with E-state index in [1.54, 1.807) is 0 Å². The van der Waals surface area contributed by atoms with Crippen LogP contribution in [0.2, 0.25) is 0 Å². The van der Waals surface area contributed by atoms with Crippen LogP contribution in [0.25, 0.3) is 10.8 Å². The first-order chi connectivity index (χ1) is 16.0. The molecule has 176 valence electrons. The van der Waals surface area contributed by atoms with E-state index in [1.165, 1.54) is 42.0 Å². The number of hydrogen-bond acceptors (Lipinski definition) is 2. The Morgan fingerprint density at radius 2 is 1.48 bits per heavy atom. The molecule has 0 heterocycles. The maximum Gasteiger partial charge on any atom is 0.227 e. The number of ether oxygens (including phenoxy) is 2. The second-order valence-corrected chi connectivity index (χ2v) is 10.5. The van der Waals surface area contributed by atoms with E-state index < -0.39 is 6.29 Å². The van der Waals surface area contributed by atoms with Gasteiger partial charge in [0, 0.05) is 5.56 Å². The molecule has 2 atom stereocenters. The van der Waals surface area contributed by atoms with Crippen molar-refractivity contribution in [1.29, 1.82) is 0 Å². The van der Waals surface area contributed by atoms with E-state index in [0.717, 1.165) is 24.2 Å². The molecule has 0 bridgehead atoms. The minimum Gasteiger partial charge on any atom is -0.461 e. The van der Waals surface area contributed by atoms with E-state index in [1.807, 2.05) is 0 Å². The van der Waals surface area contributed by atoms with Crippen molar-refractivity contribution in [3.05, 3.63) is 77.9 Å². The lowest BCUT2D eigenvalue weighted by Gasteiger charge is -2.29. The molecule has 0 N–H and O–H groups in total. The summed E-state index contributed by atoms with van der Waals surface area (Å²) in [6, 6.07) is 23.7. The van der Waals surface area contributed by atoms with Gasteiger partial charge < -0.3 is 9.47 Å². The summed E-state index contributed by atoms with van der Waals surface area (Å²) in [6.07, 6.45) is 7.11. The van der Waals surface area contributed by atoms with Gasteiger partial charge in [0.05, 0.1) is 6.10 Å².